The molecule has 1 aliphatic heterocycles. The van der Waals surface area contributed by atoms with Gasteiger partial charge in [-0.3, -0.25) is 4.79 Å². The maximum atomic E-state index is 13.0. The molecule has 16 heavy (non-hydrogen) atoms. The van der Waals surface area contributed by atoms with Crippen molar-refractivity contribution in [3.8, 4) is 5.75 Å². The van der Waals surface area contributed by atoms with Gasteiger partial charge in [0.15, 0.2) is 0 Å². The lowest BCUT2D eigenvalue weighted by Crippen LogP contribution is -2.30. The zero-order valence-electron chi connectivity index (χ0n) is 9.00. The molecule has 0 aromatic heterocycles. The van der Waals surface area contributed by atoms with Crippen LogP contribution in [0.25, 0.3) is 0 Å². The molecule has 1 N–H and O–H groups in total. The summed E-state index contributed by atoms with van der Waals surface area (Å²) in [6, 6.07) is 4.43. The summed E-state index contributed by atoms with van der Waals surface area (Å²) in [6.45, 7) is 1.86. The Balaban J connectivity index is 2.11. The number of rotatable bonds is 3. The molecule has 2 rings (SSSR count). The van der Waals surface area contributed by atoms with Crippen molar-refractivity contribution in [3.63, 3.8) is 0 Å². The molecule has 3 nitrogen and oxygen atoms in total. The van der Waals surface area contributed by atoms with Crippen LogP contribution in [-0.2, 0) is 11.2 Å². The topological polar surface area (TPSA) is 46.5 Å². The van der Waals surface area contributed by atoms with E-state index in [1.54, 1.807) is 6.07 Å². The second-order valence-corrected chi connectivity index (χ2v) is 4.37. The molecular formula is C12H13FO3. The molecule has 1 aromatic carbocycles. The zero-order chi connectivity index (χ0) is 11.8. The molecule has 0 spiro atoms. The monoisotopic (exact) mass is 224 g/mol. The van der Waals surface area contributed by atoms with E-state index in [0.717, 1.165) is 5.56 Å². The van der Waals surface area contributed by atoms with Crippen LogP contribution in [-0.4, -0.2) is 16.7 Å². The minimum Gasteiger partial charge on any atom is -0.487 e. The van der Waals surface area contributed by atoms with E-state index in [0.29, 0.717) is 18.6 Å². The van der Waals surface area contributed by atoms with E-state index in [9.17, 15) is 9.18 Å². The molecule has 0 bridgehead atoms. The summed E-state index contributed by atoms with van der Waals surface area (Å²) in [5, 5.41) is 8.63. The minimum atomic E-state index is -0.841. The highest BCUT2D eigenvalue weighted by atomic mass is 19.1. The van der Waals surface area contributed by atoms with Gasteiger partial charge in [0, 0.05) is 18.9 Å². The Labute approximate surface area is 92.9 Å². The summed E-state index contributed by atoms with van der Waals surface area (Å²) in [5.74, 6) is -0.638. The Morgan fingerprint density at radius 1 is 1.62 bits per heavy atom. The van der Waals surface area contributed by atoms with Crippen LogP contribution in [0.15, 0.2) is 18.2 Å². The molecule has 86 valence electrons. The number of hydrogen-bond acceptors (Lipinski definition) is 2. The molecule has 4 heteroatoms. The summed E-state index contributed by atoms with van der Waals surface area (Å²) in [5.41, 5.74) is 0.420. The second-order valence-electron chi connectivity index (χ2n) is 4.37. The minimum absolute atomic E-state index is 0.0625. The Kier molecular flexibility index (Phi) is 2.58. The predicted octanol–water partition coefficient (Wildman–Crippen LogP) is 2.38. The standard InChI is InChI=1S/C12H13FO3/c1-12(5-4-11(14)15)7-8-2-3-9(13)6-10(8)16-12/h2-3,6H,4-5,7H2,1H3,(H,14,15). The summed E-state index contributed by atoms with van der Waals surface area (Å²) in [6.07, 6.45) is 1.13. The SMILES string of the molecule is CC1(CCC(=O)O)Cc2ccc(F)cc2O1. The molecule has 1 heterocycles. The third kappa shape index (κ3) is 2.15. The molecule has 1 unspecified atom stereocenters. The number of halogens is 1. The van der Waals surface area contributed by atoms with Gasteiger partial charge in [-0.2, -0.15) is 0 Å². The maximum absolute atomic E-state index is 13.0. The Morgan fingerprint density at radius 3 is 3.06 bits per heavy atom. The lowest BCUT2D eigenvalue weighted by Gasteiger charge is -2.22. The fraction of sp³-hybridized carbons (Fsp3) is 0.417. The van der Waals surface area contributed by atoms with Crippen molar-refractivity contribution in [3.05, 3.63) is 29.6 Å². The highest BCUT2D eigenvalue weighted by Crippen LogP contribution is 2.37. The van der Waals surface area contributed by atoms with Crippen LogP contribution in [0.1, 0.15) is 25.3 Å². The number of fused-ring (bicyclic) bond motifs is 1. The molecule has 1 atom stereocenters. The fourth-order valence-electron chi connectivity index (χ4n) is 1.98. The maximum Gasteiger partial charge on any atom is 0.303 e. The van der Waals surface area contributed by atoms with Gasteiger partial charge in [0.25, 0.3) is 0 Å². The molecule has 0 amide bonds. The summed E-state index contributed by atoms with van der Waals surface area (Å²) in [4.78, 5) is 10.5. The second kappa shape index (κ2) is 3.77. The molecule has 1 aliphatic rings. The lowest BCUT2D eigenvalue weighted by atomic mass is 9.94. The van der Waals surface area contributed by atoms with Gasteiger partial charge < -0.3 is 9.84 Å². The molecule has 0 radical (unpaired) electrons. The van der Waals surface area contributed by atoms with Crippen LogP contribution in [0.4, 0.5) is 4.39 Å². The normalized spacial score (nSPS) is 22.6. The third-order valence-electron chi connectivity index (χ3n) is 2.82. The van der Waals surface area contributed by atoms with Crippen LogP contribution in [0.3, 0.4) is 0 Å². The summed E-state index contributed by atoms with van der Waals surface area (Å²) < 4.78 is 18.6. The summed E-state index contributed by atoms with van der Waals surface area (Å²) in [7, 11) is 0. The van der Waals surface area contributed by atoms with Gasteiger partial charge >= 0.3 is 5.97 Å². The number of aliphatic carboxylic acids is 1. The van der Waals surface area contributed by atoms with E-state index in [2.05, 4.69) is 0 Å². The molecular weight excluding hydrogens is 211 g/mol. The van der Waals surface area contributed by atoms with E-state index in [4.69, 9.17) is 9.84 Å². The van der Waals surface area contributed by atoms with Gasteiger partial charge in [-0.05, 0) is 25.0 Å². The first kappa shape index (κ1) is 10.9. The number of carbonyl (C=O) groups is 1. The third-order valence-corrected chi connectivity index (χ3v) is 2.82. The molecule has 0 fully saturated rings. The van der Waals surface area contributed by atoms with Gasteiger partial charge in [0.2, 0.25) is 0 Å². The number of ether oxygens (including phenoxy) is 1. The van der Waals surface area contributed by atoms with Gasteiger partial charge in [-0.25, -0.2) is 4.39 Å². The van der Waals surface area contributed by atoms with Gasteiger partial charge in [-0.15, -0.1) is 0 Å². The average Bonchev–Trinajstić information content (AvgIpc) is 2.51. The van der Waals surface area contributed by atoms with Crippen molar-refractivity contribution in [2.75, 3.05) is 0 Å². The quantitative estimate of drug-likeness (QED) is 0.857. The molecule has 0 saturated carbocycles. The van der Waals surface area contributed by atoms with Gasteiger partial charge in [-0.1, -0.05) is 6.07 Å². The first-order valence-corrected chi connectivity index (χ1v) is 5.18. The van der Waals surface area contributed by atoms with Crippen molar-refractivity contribution in [1.82, 2.24) is 0 Å². The van der Waals surface area contributed by atoms with Crippen molar-refractivity contribution in [1.29, 1.82) is 0 Å². The van der Waals surface area contributed by atoms with Crippen molar-refractivity contribution < 1.29 is 19.0 Å². The first-order chi connectivity index (χ1) is 7.48. The highest BCUT2D eigenvalue weighted by molar-refractivity contribution is 5.66. The Morgan fingerprint density at radius 2 is 2.38 bits per heavy atom. The zero-order valence-corrected chi connectivity index (χ0v) is 9.00. The van der Waals surface area contributed by atoms with Crippen molar-refractivity contribution in [2.45, 2.75) is 31.8 Å². The van der Waals surface area contributed by atoms with Gasteiger partial charge in [0.1, 0.15) is 17.2 Å². The average molecular weight is 224 g/mol. The van der Waals surface area contributed by atoms with E-state index < -0.39 is 11.6 Å². The van der Waals surface area contributed by atoms with Crippen LogP contribution >= 0.6 is 0 Å². The highest BCUT2D eigenvalue weighted by Gasteiger charge is 2.35. The lowest BCUT2D eigenvalue weighted by molar-refractivity contribution is -0.138. The van der Waals surface area contributed by atoms with E-state index in [1.165, 1.54) is 12.1 Å². The fourth-order valence-corrected chi connectivity index (χ4v) is 1.98. The van der Waals surface area contributed by atoms with Gasteiger partial charge in [0.05, 0.1) is 0 Å². The van der Waals surface area contributed by atoms with E-state index >= 15 is 0 Å². The summed E-state index contributed by atoms with van der Waals surface area (Å²) >= 11 is 0. The molecule has 0 saturated heterocycles. The molecule has 0 aliphatic carbocycles. The number of benzene rings is 1. The van der Waals surface area contributed by atoms with Crippen molar-refractivity contribution >= 4 is 5.97 Å². The largest absolute Gasteiger partial charge is 0.487 e. The predicted molar refractivity (Wildman–Crippen MR) is 56.0 cm³/mol. The number of carboxylic acid groups (broad SMARTS) is 1. The van der Waals surface area contributed by atoms with Crippen molar-refractivity contribution in [2.24, 2.45) is 0 Å². The van der Waals surface area contributed by atoms with E-state index in [1.807, 2.05) is 6.92 Å². The Bertz CT molecular complexity index is 430. The number of carboxylic acids is 1. The van der Waals surface area contributed by atoms with Crippen LogP contribution in [0.5, 0.6) is 5.75 Å². The first-order valence-electron chi connectivity index (χ1n) is 5.18. The molecule has 1 aromatic rings. The van der Waals surface area contributed by atoms with E-state index in [-0.39, 0.29) is 12.2 Å². The van der Waals surface area contributed by atoms with Crippen LogP contribution in [0.2, 0.25) is 0 Å². The van der Waals surface area contributed by atoms with Crippen LogP contribution < -0.4 is 4.74 Å². The smallest absolute Gasteiger partial charge is 0.303 e. The van der Waals surface area contributed by atoms with Crippen LogP contribution in [0, 0.1) is 5.82 Å². The Hall–Kier alpha value is -1.58. The number of hydrogen-bond donors (Lipinski definition) is 1.